The number of aryl methyl sites for hydroxylation is 8. The van der Waals surface area contributed by atoms with E-state index < -0.39 is 0 Å². The van der Waals surface area contributed by atoms with Crippen molar-refractivity contribution in [3.8, 4) is 0 Å². The van der Waals surface area contributed by atoms with Crippen molar-refractivity contribution in [2.45, 2.75) is 55.4 Å². The molecule has 54 heavy (non-hydrogen) atoms. The van der Waals surface area contributed by atoms with Gasteiger partial charge in [-0.2, -0.15) is 0 Å². The number of halogens is 4. The van der Waals surface area contributed by atoms with E-state index in [4.69, 9.17) is 0 Å². The van der Waals surface area contributed by atoms with Gasteiger partial charge in [0.25, 0.3) is 0 Å². The molecule has 0 radical (unpaired) electrons. The standard InChI is InChI=1S/C46H40F4N4/c1-25-17-33(18-26(2)41(25)47)51-37-13-9-10-14-38(37)52(34-19-27(3)42(48)28(4)20-34)45(51)46-53(35-21-29(5)43(49)30(6)22-35)39-15-11-12-16-40(39)54(46)36-23-31(7)44(50)32(8)24-36/h9-24H,1-8H3. The quantitative estimate of drug-likeness (QED) is 0.168. The summed E-state index contributed by atoms with van der Waals surface area (Å²) in [6.07, 6.45) is 0. The summed E-state index contributed by atoms with van der Waals surface area (Å²) in [5.74, 6) is 0.174. The van der Waals surface area contributed by atoms with Crippen molar-refractivity contribution in [1.82, 2.24) is 0 Å². The molecule has 4 nitrogen and oxygen atoms in total. The van der Waals surface area contributed by atoms with Crippen LogP contribution in [-0.4, -0.2) is 0 Å². The highest BCUT2D eigenvalue weighted by molar-refractivity contribution is 6.00. The molecule has 2 aliphatic rings. The molecule has 2 aliphatic heterocycles. The second-order valence-electron chi connectivity index (χ2n) is 14.5. The summed E-state index contributed by atoms with van der Waals surface area (Å²) in [7, 11) is 0. The number of para-hydroxylation sites is 4. The lowest BCUT2D eigenvalue weighted by Crippen LogP contribution is -2.33. The zero-order valence-corrected chi connectivity index (χ0v) is 31.5. The Morgan fingerprint density at radius 1 is 0.296 bits per heavy atom. The van der Waals surface area contributed by atoms with Gasteiger partial charge in [-0.25, -0.2) is 17.6 Å². The molecule has 6 aromatic rings. The van der Waals surface area contributed by atoms with E-state index >= 15 is 17.6 Å². The van der Waals surface area contributed by atoms with Crippen LogP contribution in [0.4, 0.5) is 63.1 Å². The van der Waals surface area contributed by atoms with Crippen LogP contribution in [0.5, 0.6) is 0 Å². The first-order valence-corrected chi connectivity index (χ1v) is 18.0. The largest absolute Gasteiger partial charge is 0.291 e. The monoisotopic (exact) mass is 724 g/mol. The first-order valence-electron chi connectivity index (χ1n) is 18.0. The third-order valence-corrected chi connectivity index (χ3v) is 10.5. The Hall–Kier alpha value is -6.02. The first kappa shape index (κ1) is 35.0. The Kier molecular flexibility index (Phi) is 8.32. The van der Waals surface area contributed by atoms with Gasteiger partial charge in [-0.1, -0.05) is 24.3 Å². The average Bonchev–Trinajstić information content (AvgIpc) is 3.66. The highest BCUT2D eigenvalue weighted by Crippen LogP contribution is 2.57. The van der Waals surface area contributed by atoms with E-state index in [9.17, 15) is 0 Å². The minimum absolute atomic E-state index is 0.284. The van der Waals surface area contributed by atoms with Crippen molar-refractivity contribution in [3.05, 3.63) is 176 Å². The van der Waals surface area contributed by atoms with Crippen molar-refractivity contribution in [1.29, 1.82) is 0 Å². The summed E-state index contributed by atoms with van der Waals surface area (Å²) in [5, 5.41) is 0. The zero-order valence-electron chi connectivity index (χ0n) is 31.5. The maximum Gasteiger partial charge on any atom is 0.166 e. The second-order valence-corrected chi connectivity index (χ2v) is 14.5. The second kappa shape index (κ2) is 12.8. The van der Waals surface area contributed by atoms with Gasteiger partial charge in [0.05, 0.1) is 22.7 Å². The minimum atomic E-state index is -0.284. The third kappa shape index (κ3) is 5.34. The Morgan fingerprint density at radius 2 is 0.463 bits per heavy atom. The third-order valence-electron chi connectivity index (χ3n) is 10.5. The topological polar surface area (TPSA) is 13.0 Å². The van der Waals surface area contributed by atoms with Crippen molar-refractivity contribution < 1.29 is 17.6 Å². The van der Waals surface area contributed by atoms with E-state index in [1.54, 1.807) is 55.4 Å². The van der Waals surface area contributed by atoms with E-state index in [-0.39, 0.29) is 23.3 Å². The molecule has 0 fully saturated rings. The highest BCUT2D eigenvalue weighted by atomic mass is 19.1. The van der Waals surface area contributed by atoms with E-state index in [0.29, 0.717) is 78.9 Å². The molecule has 8 rings (SSSR count). The van der Waals surface area contributed by atoms with Crippen LogP contribution in [0.2, 0.25) is 0 Å². The van der Waals surface area contributed by atoms with Gasteiger partial charge in [0.1, 0.15) is 23.3 Å². The van der Waals surface area contributed by atoms with Crippen LogP contribution in [0.15, 0.2) is 109 Å². The number of hydrogen-bond acceptors (Lipinski definition) is 4. The number of anilines is 8. The fraction of sp³-hybridized carbons (Fsp3) is 0.174. The fourth-order valence-corrected chi connectivity index (χ4v) is 8.00. The zero-order chi connectivity index (χ0) is 38.3. The number of nitrogens with zero attached hydrogens (tertiary/aromatic N) is 4. The number of rotatable bonds is 4. The predicted octanol–water partition coefficient (Wildman–Crippen LogP) is 13.1. The van der Waals surface area contributed by atoms with E-state index in [1.807, 2.05) is 97.1 Å². The summed E-state index contributed by atoms with van der Waals surface area (Å²) in [5.41, 5.74) is 10.0. The van der Waals surface area contributed by atoms with Gasteiger partial charge >= 0.3 is 0 Å². The van der Waals surface area contributed by atoms with Crippen molar-refractivity contribution in [3.63, 3.8) is 0 Å². The van der Waals surface area contributed by atoms with Crippen LogP contribution in [0, 0.1) is 78.7 Å². The van der Waals surface area contributed by atoms with Gasteiger partial charge in [0, 0.05) is 22.7 Å². The molecule has 0 saturated heterocycles. The van der Waals surface area contributed by atoms with Gasteiger partial charge in [-0.3, -0.25) is 19.6 Å². The number of benzene rings is 6. The van der Waals surface area contributed by atoms with E-state index in [0.717, 1.165) is 22.7 Å². The molecular weight excluding hydrogens is 685 g/mol. The molecule has 2 heterocycles. The summed E-state index contributed by atoms with van der Waals surface area (Å²) >= 11 is 0. The van der Waals surface area contributed by atoms with Crippen LogP contribution >= 0.6 is 0 Å². The molecule has 8 heteroatoms. The first-order chi connectivity index (χ1) is 25.8. The Morgan fingerprint density at radius 3 is 0.630 bits per heavy atom. The van der Waals surface area contributed by atoms with Crippen molar-refractivity contribution in [2.75, 3.05) is 19.6 Å². The summed E-state index contributed by atoms with van der Waals surface area (Å²) < 4.78 is 61.5. The summed E-state index contributed by atoms with van der Waals surface area (Å²) in [4.78, 5) is 8.43. The SMILES string of the molecule is Cc1cc(N2C(=C3N(c4cc(C)c(F)c(C)c4)c4ccccc4N3c3cc(C)c(F)c(C)c3)N(c3cc(C)c(F)c(C)c3)c3ccccc32)cc(C)c1F. The van der Waals surface area contributed by atoms with Gasteiger partial charge in [0.15, 0.2) is 11.6 Å². The molecule has 0 unspecified atom stereocenters. The van der Waals surface area contributed by atoms with Crippen LogP contribution < -0.4 is 19.6 Å². The molecule has 0 bridgehead atoms. The molecule has 0 aromatic heterocycles. The number of fused-ring (bicyclic) bond motifs is 2. The van der Waals surface area contributed by atoms with Gasteiger partial charge in [0.2, 0.25) is 0 Å². The van der Waals surface area contributed by atoms with Gasteiger partial charge in [-0.05, 0) is 173 Å². The lowest BCUT2D eigenvalue weighted by molar-refractivity contribution is 0.608. The Balaban J connectivity index is 1.58. The smallest absolute Gasteiger partial charge is 0.166 e. The molecule has 272 valence electrons. The average molecular weight is 725 g/mol. The Bertz CT molecular complexity index is 2130. The minimum Gasteiger partial charge on any atom is -0.291 e. The molecule has 0 spiro atoms. The molecule has 6 aromatic carbocycles. The van der Waals surface area contributed by atoms with E-state index in [1.165, 1.54) is 0 Å². The molecule has 0 atom stereocenters. The maximum atomic E-state index is 15.4. The molecular formula is C46H40F4N4. The highest BCUT2D eigenvalue weighted by Gasteiger charge is 2.45. The van der Waals surface area contributed by atoms with Crippen LogP contribution in [-0.2, 0) is 0 Å². The van der Waals surface area contributed by atoms with E-state index in [2.05, 4.69) is 19.6 Å². The van der Waals surface area contributed by atoms with Crippen molar-refractivity contribution >= 4 is 45.5 Å². The van der Waals surface area contributed by atoms with Crippen LogP contribution in [0.1, 0.15) is 44.5 Å². The molecule has 0 amide bonds. The molecule has 0 aliphatic carbocycles. The summed E-state index contributed by atoms with van der Waals surface area (Å²) in [6, 6.07) is 30.6. The van der Waals surface area contributed by atoms with Crippen LogP contribution in [0.3, 0.4) is 0 Å². The van der Waals surface area contributed by atoms with Crippen molar-refractivity contribution in [2.24, 2.45) is 0 Å². The number of hydrogen-bond donors (Lipinski definition) is 0. The fourth-order valence-electron chi connectivity index (χ4n) is 8.00. The van der Waals surface area contributed by atoms with Gasteiger partial charge < -0.3 is 0 Å². The summed E-state index contributed by atoms with van der Waals surface area (Å²) in [6.45, 7) is 14.0. The maximum absolute atomic E-state index is 15.4. The predicted molar refractivity (Wildman–Crippen MR) is 212 cm³/mol. The Labute approximate surface area is 313 Å². The molecule has 0 saturated carbocycles. The normalized spacial score (nSPS) is 13.7. The van der Waals surface area contributed by atoms with Gasteiger partial charge in [-0.15, -0.1) is 0 Å². The lowest BCUT2D eigenvalue weighted by atomic mass is 10.1. The molecule has 0 N–H and O–H groups in total. The van der Waals surface area contributed by atoms with Crippen LogP contribution in [0.25, 0.3) is 0 Å². The lowest BCUT2D eigenvalue weighted by Gasteiger charge is -2.35.